The predicted octanol–water partition coefficient (Wildman–Crippen LogP) is 13.2. The predicted molar refractivity (Wildman–Crippen MR) is 353 cm³/mol. The van der Waals surface area contributed by atoms with Crippen LogP contribution in [0.25, 0.3) is 0 Å². The summed E-state index contributed by atoms with van der Waals surface area (Å²) < 4.78 is 119. The van der Waals surface area contributed by atoms with Crippen molar-refractivity contribution in [2.75, 3.05) is 21.3 Å². The lowest BCUT2D eigenvalue weighted by molar-refractivity contribution is 0.0860. The third-order valence-corrected chi connectivity index (χ3v) is 18.0. The largest absolute Gasteiger partial charge is 0.471 e. The van der Waals surface area contributed by atoms with Crippen molar-refractivity contribution in [3.63, 3.8) is 0 Å². The normalized spacial score (nSPS) is 12.3. The van der Waals surface area contributed by atoms with Gasteiger partial charge in [0.2, 0.25) is 0 Å². The zero-order chi connectivity index (χ0) is 74.0. The molecule has 4 aromatic carbocycles. The molecule has 0 aliphatic heterocycles. The number of halogens is 12. The molecule has 12 N–H and O–H groups in total. The van der Waals surface area contributed by atoms with Gasteiger partial charge in [0.15, 0.2) is 48.7 Å². The lowest BCUT2D eigenvalue weighted by Crippen LogP contribution is -2.16. The monoisotopic (exact) mass is 1700 g/mol. The molecule has 0 saturated carbocycles. The van der Waals surface area contributed by atoms with E-state index in [0.29, 0.717) is 22.3 Å². The molecule has 8 aromatic rings. The number of amides is 4. The SMILES string of the molecule is Cc1ccc(NC(=O)c2nn(C(C)OP(=O)(O)O)c(Cl)c2Br)c(F)c1.Cc1ccc(NC(=O)c2nn(C(C)OP(=O)(O)O)c(Cl)c2Cl)c(F)c1.Cc1ccc(NC(=O)c2nn(COP(=O)(O)O)c(Cl)c2Br)c(F)c1.Cc1ccc(NC(=O)c2nn(COP(=O)(O)O)c(Cl)c2Cl)c(F)c1. The molecule has 32 nitrogen and oxygen atoms in total. The highest BCUT2D eigenvalue weighted by molar-refractivity contribution is 9.11. The summed E-state index contributed by atoms with van der Waals surface area (Å²) in [5, 5.41) is 23.1. The van der Waals surface area contributed by atoms with Crippen LogP contribution < -0.4 is 21.3 Å². The van der Waals surface area contributed by atoms with Crippen molar-refractivity contribution < 1.29 is 112 Å². The van der Waals surface area contributed by atoms with Gasteiger partial charge in [-0.05, 0) is 144 Å². The fraction of sp³-hybridized carbons (Fsp3) is 0.200. The van der Waals surface area contributed by atoms with E-state index in [9.17, 15) is 55.0 Å². The van der Waals surface area contributed by atoms with Crippen molar-refractivity contribution in [1.29, 1.82) is 0 Å². The van der Waals surface area contributed by atoms with Gasteiger partial charge in [-0.25, -0.2) is 54.5 Å². The quantitative estimate of drug-likeness (QED) is 0.0249. The fourth-order valence-electron chi connectivity index (χ4n) is 7.22. The molecule has 4 amide bonds. The Kier molecular flexibility index (Phi) is 29.6. The first-order valence-corrected chi connectivity index (χ1v) is 36.0. The third kappa shape index (κ3) is 24.3. The fourth-order valence-corrected chi connectivity index (χ4v) is 10.9. The van der Waals surface area contributed by atoms with E-state index in [1.165, 1.54) is 62.4 Å². The molecule has 0 radical (unpaired) electrons. The van der Waals surface area contributed by atoms with Crippen LogP contribution in [0, 0.1) is 51.0 Å². The van der Waals surface area contributed by atoms with Gasteiger partial charge in [0.05, 0.1) is 31.7 Å². The van der Waals surface area contributed by atoms with Gasteiger partial charge in [-0.3, -0.25) is 37.3 Å². The lowest BCUT2D eigenvalue weighted by Gasteiger charge is -2.14. The summed E-state index contributed by atoms with van der Waals surface area (Å²) in [5.74, 6) is -5.75. The molecule has 4 heterocycles. The van der Waals surface area contributed by atoms with E-state index in [4.69, 9.17) is 109 Å². The standard InChI is InChI=1S/C13H13BrClFN3O5P.C13H13Cl2FN3O5P.C12H11BrClFN3O5P.C12H11Cl2FN3O5P/c2*1-6-3-4-9(8(16)5-6)17-13(20)11-10(14)12(15)19(18-11)7(2)24-25(21,22)23;2*1-6-2-3-8(7(15)4-6)16-12(19)10-9(13)11(14)18(17-10)5-23-24(20,21)22/h2*3-5,7H,1-2H3,(H,17,20)(H2,21,22,23);2*2-4H,5H2,1H3,(H,16,19)(H2,20,21,22). The number of phosphoric acid groups is 4. The molecule has 4 aromatic heterocycles. The first-order valence-electron chi connectivity index (χ1n) is 26.0. The van der Waals surface area contributed by atoms with Crippen molar-refractivity contribution in [3.05, 3.63) is 181 Å². The Bertz CT molecular complexity index is 4260. The summed E-state index contributed by atoms with van der Waals surface area (Å²) in [4.78, 5) is 119. The van der Waals surface area contributed by atoms with E-state index in [-0.39, 0.29) is 85.1 Å². The highest BCUT2D eigenvalue weighted by atomic mass is 79.9. The molecule has 98 heavy (non-hydrogen) atoms. The van der Waals surface area contributed by atoms with Crippen LogP contribution in [-0.4, -0.2) is 102 Å². The summed E-state index contributed by atoms with van der Waals surface area (Å²) >= 11 is 41.6. The Morgan fingerprint density at radius 3 is 1.03 bits per heavy atom. The minimum Gasteiger partial charge on any atom is -0.318 e. The van der Waals surface area contributed by atoms with Gasteiger partial charge in [-0.2, -0.15) is 20.4 Å². The van der Waals surface area contributed by atoms with E-state index >= 15 is 0 Å². The van der Waals surface area contributed by atoms with Gasteiger partial charge < -0.3 is 60.4 Å². The zero-order valence-electron chi connectivity index (χ0n) is 49.9. The number of carbonyl (C=O) groups is 4. The Morgan fingerprint density at radius 2 is 0.704 bits per heavy atom. The van der Waals surface area contributed by atoms with E-state index < -0.39 is 104 Å². The van der Waals surface area contributed by atoms with Crippen molar-refractivity contribution in [3.8, 4) is 0 Å². The number of aromatic nitrogens is 8. The number of aryl methyl sites for hydroxylation is 4. The van der Waals surface area contributed by atoms with E-state index in [0.717, 1.165) is 18.7 Å². The van der Waals surface area contributed by atoms with Gasteiger partial charge in [0.25, 0.3) is 23.6 Å². The second-order valence-corrected chi connectivity index (χ2v) is 28.0. The van der Waals surface area contributed by atoms with Crippen molar-refractivity contribution in [1.82, 2.24) is 39.1 Å². The van der Waals surface area contributed by atoms with E-state index in [1.54, 1.807) is 52.0 Å². The highest BCUT2D eigenvalue weighted by Gasteiger charge is 2.31. The molecule has 0 bridgehead atoms. The Labute approximate surface area is 595 Å². The van der Waals surface area contributed by atoms with Crippen LogP contribution >= 0.6 is 133 Å². The average Bonchev–Trinajstić information content (AvgIpc) is 1.68. The number of anilines is 4. The van der Waals surface area contributed by atoms with Gasteiger partial charge >= 0.3 is 31.3 Å². The molecule has 0 aliphatic rings. The Hall–Kier alpha value is -5.54. The van der Waals surface area contributed by atoms with Gasteiger partial charge in [-0.15, -0.1) is 0 Å². The number of nitrogens with one attached hydrogen (secondary N) is 4. The van der Waals surface area contributed by atoms with Crippen molar-refractivity contribution in [2.45, 2.75) is 67.5 Å². The van der Waals surface area contributed by atoms with Gasteiger partial charge in [-0.1, -0.05) is 93.9 Å². The number of carbonyl (C=O) groups excluding carboxylic acids is 4. The van der Waals surface area contributed by atoms with Crippen LogP contribution in [0.3, 0.4) is 0 Å². The van der Waals surface area contributed by atoms with Crippen LogP contribution in [-0.2, 0) is 49.8 Å². The zero-order valence-corrected chi connectivity index (χ0v) is 61.2. The molecule has 2 atom stereocenters. The molecule has 0 spiro atoms. The van der Waals surface area contributed by atoms with E-state index in [2.05, 4.69) is 91.6 Å². The highest BCUT2D eigenvalue weighted by Crippen LogP contribution is 2.44. The van der Waals surface area contributed by atoms with Crippen molar-refractivity contribution in [2.24, 2.45) is 0 Å². The van der Waals surface area contributed by atoms with Crippen LogP contribution in [0.15, 0.2) is 81.7 Å². The lowest BCUT2D eigenvalue weighted by atomic mass is 10.2. The number of nitrogens with zero attached hydrogens (tertiary/aromatic N) is 8. The third-order valence-electron chi connectivity index (χ3n) is 11.6. The number of phosphoric ester groups is 4. The molecular formula is C50H48Br2Cl6F4N12O20P4. The first-order chi connectivity index (χ1) is 45.1. The number of hydrogen-bond acceptors (Lipinski definition) is 16. The summed E-state index contributed by atoms with van der Waals surface area (Å²) in [6.45, 7) is 7.91. The number of benzene rings is 4. The maximum absolute atomic E-state index is 13.8. The number of hydrogen-bond donors (Lipinski definition) is 12. The molecular weight excluding hydrogens is 1660 g/mol. The minimum absolute atomic E-state index is 0.0466. The van der Waals surface area contributed by atoms with Crippen molar-refractivity contribution >= 4 is 179 Å². The molecule has 48 heteroatoms. The topological polar surface area (TPSA) is 455 Å². The van der Waals surface area contributed by atoms with E-state index in [1.807, 2.05) is 0 Å². The van der Waals surface area contributed by atoms with Gasteiger partial charge in [0, 0.05) is 0 Å². The van der Waals surface area contributed by atoms with Crippen LogP contribution in [0.4, 0.5) is 40.3 Å². The van der Waals surface area contributed by atoms with Crippen LogP contribution in [0.2, 0.25) is 30.7 Å². The minimum atomic E-state index is -4.82. The first kappa shape index (κ1) is 83.1. The molecule has 2 unspecified atom stereocenters. The molecule has 8 rings (SSSR count). The molecule has 0 saturated heterocycles. The summed E-state index contributed by atoms with van der Waals surface area (Å²) in [5.41, 5.74) is 1.35. The summed E-state index contributed by atoms with van der Waals surface area (Å²) in [6, 6.07) is 16.9. The summed E-state index contributed by atoms with van der Waals surface area (Å²) in [6.07, 6.45) is -2.55. The second-order valence-electron chi connectivity index (χ2n) is 19.3. The second kappa shape index (κ2) is 34.9. The Balaban J connectivity index is 0.000000236. The van der Waals surface area contributed by atoms with Gasteiger partial charge in [0.1, 0.15) is 53.9 Å². The van der Waals surface area contributed by atoms with Crippen LogP contribution in [0.5, 0.6) is 0 Å². The summed E-state index contributed by atoms with van der Waals surface area (Å²) in [7, 11) is -19.1. The average molecular weight is 1710 g/mol. The molecule has 0 fully saturated rings. The Morgan fingerprint density at radius 1 is 0.439 bits per heavy atom. The number of rotatable bonds is 20. The smallest absolute Gasteiger partial charge is 0.318 e. The maximum Gasteiger partial charge on any atom is 0.471 e. The maximum atomic E-state index is 13.8. The van der Waals surface area contributed by atoms with Crippen LogP contribution in [0.1, 0.15) is 90.5 Å². The molecule has 532 valence electrons. The molecule has 0 aliphatic carbocycles.